The van der Waals surface area contributed by atoms with Gasteiger partial charge in [0.15, 0.2) is 0 Å². The molecule has 5 heteroatoms. The average molecular weight is 263 g/mol. The molecule has 1 aliphatic rings. The molecule has 1 fully saturated rings. The van der Waals surface area contributed by atoms with Crippen molar-refractivity contribution in [1.82, 2.24) is 14.9 Å². The van der Waals surface area contributed by atoms with E-state index < -0.39 is 0 Å². The number of nitrogens with one attached hydrogen (secondary N) is 2. The van der Waals surface area contributed by atoms with Gasteiger partial charge in [0, 0.05) is 25.2 Å². The fourth-order valence-electron chi connectivity index (χ4n) is 2.44. The van der Waals surface area contributed by atoms with Crippen molar-refractivity contribution in [2.75, 3.05) is 36.8 Å². The van der Waals surface area contributed by atoms with Gasteiger partial charge < -0.3 is 15.5 Å². The lowest BCUT2D eigenvalue weighted by Gasteiger charge is -2.21. The van der Waals surface area contributed by atoms with E-state index in [0.717, 1.165) is 31.1 Å². The van der Waals surface area contributed by atoms with Crippen molar-refractivity contribution in [1.29, 1.82) is 0 Å². The molecule has 0 aromatic carbocycles. The Balaban J connectivity index is 1.83. The maximum Gasteiger partial charge on any atom is 0.131 e. The van der Waals surface area contributed by atoms with E-state index in [2.05, 4.69) is 39.3 Å². The SMILES string of the molecule is CCCNc1cc(NC(C)CN2CCCC2)ncn1. The predicted octanol–water partition coefficient (Wildman–Crippen LogP) is 2.19. The van der Waals surface area contributed by atoms with Crippen LogP contribution >= 0.6 is 0 Å². The Morgan fingerprint density at radius 1 is 1.26 bits per heavy atom. The van der Waals surface area contributed by atoms with Crippen LogP contribution in [0.25, 0.3) is 0 Å². The van der Waals surface area contributed by atoms with Gasteiger partial charge in [0.1, 0.15) is 18.0 Å². The normalized spacial score (nSPS) is 17.4. The number of anilines is 2. The quantitative estimate of drug-likeness (QED) is 0.790. The van der Waals surface area contributed by atoms with E-state index in [-0.39, 0.29) is 0 Å². The molecule has 0 aliphatic carbocycles. The molecule has 2 rings (SSSR count). The zero-order valence-electron chi connectivity index (χ0n) is 12.0. The Bertz CT molecular complexity index is 376. The van der Waals surface area contributed by atoms with E-state index in [1.165, 1.54) is 25.9 Å². The molecular formula is C14H25N5. The second-order valence-electron chi connectivity index (χ2n) is 5.27. The van der Waals surface area contributed by atoms with Crippen molar-refractivity contribution in [3.05, 3.63) is 12.4 Å². The lowest BCUT2D eigenvalue weighted by molar-refractivity contribution is 0.327. The van der Waals surface area contributed by atoms with Crippen molar-refractivity contribution in [2.24, 2.45) is 0 Å². The Labute approximate surface area is 115 Å². The molecule has 0 amide bonds. The molecule has 0 radical (unpaired) electrons. The van der Waals surface area contributed by atoms with Gasteiger partial charge >= 0.3 is 0 Å². The highest BCUT2D eigenvalue weighted by atomic mass is 15.2. The maximum absolute atomic E-state index is 4.28. The van der Waals surface area contributed by atoms with Gasteiger partial charge in [0.2, 0.25) is 0 Å². The topological polar surface area (TPSA) is 53.1 Å². The molecule has 1 atom stereocenters. The summed E-state index contributed by atoms with van der Waals surface area (Å²) < 4.78 is 0. The van der Waals surface area contributed by atoms with Gasteiger partial charge in [0.05, 0.1) is 0 Å². The van der Waals surface area contributed by atoms with Crippen molar-refractivity contribution < 1.29 is 0 Å². The van der Waals surface area contributed by atoms with Crippen LogP contribution in [0.1, 0.15) is 33.1 Å². The summed E-state index contributed by atoms with van der Waals surface area (Å²) in [5.74, 6) is 1.80. The molecule has 0 spiro atoms. The van der Waals surface area contributed by atoms with Gasteiger partial charge in [0.25, 0.3) is 0 Å². The highest BCUT2D eigenvalue weighted by Crippen LogP contribution is 2.12. The van der Waals surface area contributed by atoms with Crippen LogP contribution in [0.5, 0.6) is 0 Å². The van der Waals surface area contributed by atoms with Gasteiger partial charge in [-0.2, -0.15) is 0 Å². The molecule has 2 heterocycles. The van der Waals surface area contributed by atoms with Crippen LogP contribution in [0.4, 0.5) is 11.6 Å². The van der Waals surface area contributed by atoms with Gasteiger partial charge in [-0.3, -0.25) is 0 Å². The largest absolute Gasteiger partial charge is 0.370 e. The van der Waals surface area contributed by atoms with Crippen LogP contribution in [0.2, 0.25) is 0 Å². The molecule has 1 aliphatic heterocycles. The van der Waals surface area contributed by atoms with Crippen LogP contribution in [0.3, 0.4) is 0 Å². The summed E-state index contributed by atoms with van der Waals surface area (Å²) in [4.78, 5) is 11.0. The highest BCUT2D eigenvalue weighted by Gasteiger charge is 2.14. The molecular weight excluding hydrogens is 238 g/mol. The van der Waals surface area contributed by atoms with Crippen LogP contribution in [-0.2, 0) is 0 Å². The van der Waals surface area contributed by atoms with Gasteiger partial charge in [-0.1, -0.05) is 6.92 Å². The van der Waals surface area contributed by atoms with Crippen LogP contribution in [-0.4, -0.2) is 47.1 Å². The summed E-state index contributed by atoms with van der Waals surface area (Å²) in [6, 6.07) is 2.39. The number of nitrogens with zero attached hydrogens (tertiary/aromatic N) is 3. The lowest BCUT2D eigenvalue weighted by Crippen LogP contribution is -2.33. The number of hydrogen-bond acceptors (Lipinski definition) is 5. The first-order chi connectivity index (χ1) is 9.28. The molecule has 1 saturated heterocycles. The first-order valence-electron chi connectivity index (χ1n) is 7.32. The van der Waals surface area contributed by atoms with E-state index in [1.54, 1.807) is 6.33 Å². The third kappa shape index (κ3) is 4.67. The summed E-state index contributed by atoms with van der Waals surface area (Å²) in [5, 5.41) is 6.73. The molecule has 106 valence electrons. The summed E-state index contributed by atoms with van der Waals surface area (Å²) in [6.07, 6.45) is 5.39. The van der Waals surface area contributed by atoms with E-state index in [1.807, 2.05) is 6.07 Å². The third-order valence-electron chi connectivity index (χ3n) is 3.35. The van der Waals surface area contributed by atoms with Crippen molar-refractivity contribution in [3.63, 3.8) is 0 Å². The summed E-state index contributed by atoms with van der Waals surface area (Å²) in [6.45, 7) is 8.85. The zero-order valence-corrected chi connectivity index (χ0v) is 12.0. The fourth-order valence-corrected chi connectivity index (χ4v) is 2.44. The number of rotatable bonds is 7. The fraction of sp³-hybridized carbons (Fsp3) is 0.714. The Morgan fingerprint density at radius 2 is 2.00 bits per heavy atom. The summed E-state index contributed by atoms with van der Waals surface area (Å²) in [5.41, 5.74) is 0. The molecule has 5 nitrogen and oxygen atoms in total. The second-order valence-corrected chi connectivity index (χ2v) is 5.27. The van der Waals surface area contributed by atoms with E-state index in [0.29, 0.717) is 6.04 Å². The van der Waals surface area contributed by atoms with Gasteiger partial charge in [-0.25, -0.2) is 9.97 Å². The molecule has 1 unspecified atom stereocenters. The Kier molecular flexibility index (Phi) is 5.39. The minimum absolute atomic E-state index is 0.409. The summed E-state index contributed by atoms with van der Waals surface area (Å²) in [7, 11) is 0. The summed E-state index contributed by atoms with van der Waals surface area (Å²) >= 11 is 0. The highest BCUT2D eigenvalue weighted by molar-refractivity contribution is 5.46. The molecule has 1 aromatic heterocycles. The maximum atomic E-state index is 4.28. The lowest BCUT2D eigenvalue weighted by atomic mass is 10.3. The number of likely N-dealkylation sites (tertiary alicyclic amines) is 1. The van der Waals surface area contributed by atoms with Crippen molar-refractivity contribution in [3.8, 4) is 0 Å². The Morgan fingerprint density at radius 3 is 2.74 bits per heavy atom. The van der Waals surface area contributed by atoms with E-state index in [9.17, 15) is 0 Å². The minimum Gasteiger partial charge on any atom is -0.370 e. The first-order valence-corrected chi connectivity index (χ1v) is 7.32. The molecule has 0 bridgehead atoms. The van der Waals surface area contributed by atoms with Crippen molar-refractivity contribution in [2.45, 2.75) is 39.2 Å². The van der Waals surface area contributed by atoms with E-state index >= 15 is 0 Å². The number of hydrogen-bond donors (Lipinski definition) is 2. The van der Waals surface area contributed by atoms with Gasteiger partial charge in [-0.05, 0) is 39.3 Å². The standard InChI is InChI=1S/C14H25N5/c1-3-6-15-13-9-14(17-11-16-13)18-12(2)10-19-7-4-5-8-19/h9,11-12H,3-8,10H2,1-2H3,(H2,15,16,17,18). The van der Waals surface area contributed by atoms with E-state index in [4.69, 9.17) is 0 Å². The first kappa shape index (κ1) is 14.1. The number of aromatic nitrogens is 2. The third-order valence-corrected chi connectivity index (χ3v) is 3.35. The monoisotopic (exact) mass is 263 g/mol. The van der Waals surface area contributed by atoms with Crippen molar-refractivity contribution >= 4 is 11.6 Å². The zero-order chi connectivity index (χ0) is 13.5. The minimum atomic E-state index is 0.409. The predicted molar refractivity (Wildman–Crippen MR) is 79.6 cm³/mol. The second kappa shape index (κ2) is 7.28. The molecule has 1 aromatic rings. The Hall–Kier alpha value is -1.36. The molecule has 2 N–H and O–H groups in total. The van der Waals surface area contributed by atoms with Crippen LogP contribution in [0.15, 0.2) is 12.4 Å². The van der Waals surface area contributed by atoms with Crippen LogP contribution in [0, 0.1) is 0 Å². The molecule has 19 heavy (non-hydrogen) atoms. The van der Waals surface area contributed by atoms with Gasteiger partial charge in [-0.15, -0.1) is 0 Å². The van der Waals surface area contributed by atoms with Crippen LogP contribution < -0.4 is 10.6 Å². The smallest absolute Gasteiger partial charge is 0.131 e. The molecule has 0 saturated carbocycles. The average Bonchev–Trinajstić information content (AvgIpc) is 2.89.